The fourth-order valence-electron chi connectivity index (χ4n) is 8.92. The number of carbonyl (C=O) groups is 1. The van der Waals surface area contributed by atoms with Crippen LogP contribution in [0.1, 0.15) is 78.3 Å². The van der Waals surface area contributed by atoms with Gasteiger partial charge in [0, 0.05) is 42.7 Å². The van der Waals surface area contributed by atoms with Crippen molar-refractivity contribution >= 4 is 38.6 Å². The molecule has 3 aromatic carbocycles. The van der Waals surface area contributed by atoms with Gasteiger partial charge in [-0.15, -0.1) is 11.6 Å². The number of piperidine rings is 2. The van der Waals surface area contributed by atoms with Crippen LogP contribution in [0.2, 0.25) is 0 Å². The van der Waals surface area contributed by atoms with Crippen LogP contribution in [0.25, 0.3) is 11.0 Å². The summed E-state index contributed by atoms with van der Waals surface area (Å²) in [7, 11) is -4.38. The molecule has 2 unspecified atom stereocenters. The number of alkyl halides is 1. The molecule has 4 heterocycles. The van der Waals surface area contributed by atoms with Gasteiger partial charge in [-0.25, -0.2) is 27.3 Å². The molecular formula is C37H42ClF2N5O3S. The molecule has 2 N–H and O–H groups in total. The van der Waals surface area contributed by atoms with Gasteiger partial charge in [0.25, 0.3) is 5.91 Å². The molecular weight excluding hydrogens is 668 g/mol. The van der Waals surface area contributed by atoms with Crippen LogP contribution in [0.3, 0.4) is 0 Å². The lowest BCUT2D eigenvalue weighted by Gasteiger charge is -2.45. The average Bonchev–Trinajstić information content (AvgIpc) is 3.53. The van der Waals surface area contributed by atoms with Crippen LogP contribution < -0.4 is 5.14 Å². The number of amides is 1. The second-order valence-electron chi connectivity index (χ2n) is 14.0. The summed E-state index contributed by atoms with van der Waals surface area (Å²) in [5.41, 5.74) is 3.24. The molecule has 7 rings (SSSR count). The fraction of sp³-hybridized carbons (Fsp3) is 0.459. The largest absolute Gasteiger partial charge is 0.339 e. The topological polar surface area (TPSA) is 102 Å². The van der Waals surface area contributed by atoms with Gasteiger partial charge in [0.05, 0.1) is 11.0 Å². The second kappa shape index (κ2) is 13.4. The number of halogens is 3. The lowest BCUT2D eigenvalue weighted by Crippen LogP contribution is -2.49. The Hall–Kier alpha value is -3.38. The minimum Gasteiger partial charge on any atom is -0.339 e. The lowest BCUT2D eigenvalue weighted by molar-refractivity contribution is 0.0605. The number of imidazole rings is 1. The van der Waals surface area contributed by atoms with Crippen LogP contribution in [-0.2, 0) is 21.9 Å². The molecule has 3 saturated heterocycles. The summed E-state index contributed by atoms with van der Waals surface area (Å²) in [4.78, 5) is 22.3. The van der Waals surface area contributed by atoms with E-state index in [1.807, 2.05) is 12.1 Å². The maximum Gasteiger partial charge on any atom is 0.254 e. The van der Waals surface area contributed by atoms with E-state index in [0.29, 0.717) is 49.6 Å². The number of carbonyl (C=O) groups excluding carboxylic acids is 1. The average molecular weight is 710 g/mol. The molecule has 49 heavy (non-hydrogen) atoms. The van der Waals surface area contributed by atoms with Gasteiger partial charge in [0.2, 0.25) is 10.0 Å². The fourth-order valence-corrected chi connectivity index (χ4v) is 9.74. The molecule has 1 amide bonds. The van der Waals surface area contributed by atoms with Crippen LogP contribution in [0.4, 0.5) is 8.78 Å². The zero-order valence-electron chi connectivity index (χ0n) is 27.6. The summed E-state index contributed by atoms with van der Waals surface area (Å²) in [6.07, 6.45) is 6.69. The summed E-state index contributed by atoms with van der Waals surface area (Å²) in [6, 6.07) is 18.6. The first-order valence-corrected chi connectivity index (χ1v) is 19.2. The predicted octanol–water partition coefficient (Wildman–Crippen LogP) is 6.48. The standard InChI is InChI=1S/C37H42ClF2N5O3S/c1-24-42-33-7-2-3-8-34(33)45(24)30-21-28-9-10-29(22-30)44(28)18-14-37(26-5-4-6-27(39)20-26)12-16-43(17-13-37)36(46)31-23-35(49(41,47)48)32(40)19-25(31)11-15-38/h2-8,19-20,23,28-30H,9-18,21-22H2,1H3,(H2,41,47,48). The molecule has 2 atom stereocenters. The van der Waals surface area contributed by atoms with Crippen LogP contribution in [-0.4, -0.2) is 71.3 Å². The Balaban J connectivity index is 1.10. The molecule has 0 saturated carbocycles. The third kappa shape index (κ3) is 6.51. The van der Waals surface area contributed by atoms with Gasteiger partial charge in [-0.3, -0.25) is 9.69 Å². The van der Waals surface area contributed by atoms with Crippen LogP contribution in [0, 0.1) is 18.6 Å². The Kier molecular flexibility index (Phi) is 9.32. The number of sulfonamides is 1. The number of rotatable bonds is 9. The van der Waals surface area contributed by atoms with Crippen LogP contribution >= 0.6 is 11.6 Å². The number of likely N-dealkylation sites (tertiary alicyclic amines) is 1. The van der Waals surface area contributed by atoms with Crippen molar-refractivity contribution < 1.29 is 22.0 Å². The number of benzene rings is 3. The molecule has 3 aliphatic rings. The van der Waals surface area contributed by atoms with E-state index in [2.05, 4.69) is 34.6 Å². The Labute approximate surface area is 291 Å². The number of hydrogen-bond donors (Lipinski definition) is 1. The number of hydrogen-bond acceptors (Lipinski definition) is 5. The Morgan fingerprint density at radius 1 is 1.00 bits per heavy atom. The van der Waals surface area contributed by atoms with Crippen molar-refractivity contribution in [3.63, 3.8) is 0 Å². The summed E-state index contributed by atoms with van der Waals surface area (Å²) in [5.74, 6) is -0.488. The molecule has 4 aromatic rings. The van der Waals surface area contributed by atoms with E-state index >= 15 is 0 Å². The monoisotopic (exact) mass is 709 g/mol. The Morgan fingerprint density at radius 2 is 1.71 bits per heavy atom. The number of aryl methyl sites for hydroxylation is 2. The normalized spacial score (nSPS) is 22.6. The number of para-hydroxylation sites is 2. The molecule has 0 spiro atoms. The van der Waals surface area contributed by atoms with Gasteiger partial charge in [-0.2, -0.15) is 0 Å². The number of primary sulfonamides is 1. The molecule has 260 valence electrons. The molecule has 1 aromatic heterocycles. The highest BCUT2D eigenvalue weighted by molar-refractivity contribution is 7.89. The van der Waals surface area contributed by atoms with E-state index in [1.165, 1.54) is 11.6 Å². The molecule has 3 fully saturated rings. The third-order valence-corrected chi connectivity index (χ3v) is 12.5. The van der Waals surface area contributed by atoms with Gasteiger partial charge < -0.3 is 9.47 Å². The highest BCUT2D eigenvalue weighted by Gasteiger charge is 2.44. The summed E-state index contributed by atoms with van der Waals surface area (Å²) < 4.78 is 56.0. The molecule has 3 aliphatic heterocycles. The van der Waals surface area contributed by atoms with Gasteiger partial charge >= 0.3 is 0 Å². The smallest absolute Gasteiger partial charge is 0.254 e. The Morgan fingerprint density at radius 3 is 2.39 bits per heavy atom. The quantitative estimate of drug-likeness (QED) is 0.201. The number of nitrogens with zero attached hydrogens (tertiary/aromatic N) is 4. The minimum atomic E-state index is -4.38. The molecule has 8 nitrogen and oxygen atoms in total. The number of nitrogens with two attached hydrogens (primary N) is 1. The van der Waals surface area contributed by atoms with E-state index < -0.39 is 20.7 Å². The van der Waals surface area contributed by atoms with Crippen molar-refractivity contribution in [3.8, 4) is 0 Å². The second-order valence-corrected chi connectivity index (χ2v) is 15.9. The van der Waals surface area contributed by atoms with E-state index in [9.17, 15) is 22.0 Å². The van der Waals surface area contributed by atoms with Crippen LogP contribution in [0.5, 0.6) is 0 Å². The summed E-state index contributed by atoms with van der Waals surface area (Å²) in [6.45, 7) is 3.76. The van der Waals surface area contributed by atoms with E-state index in [1.54, 1.807) is 17.0 Å². The van der Waals surface area contributed by atoms with Crippen molar-refractivity contribution in [1.29, 1.82) is 0 Å². The predicted molar refractivity (Wildman–Crippen MR) is 186 cm³/mol. The molecule has 2 bridgehead atoms. The zero-order chi connectivity index (χ0) is 34.5. The van der Waals surface area contributed by atoms with E-state index in [-0.39, 0.29) is 35.0 Å². The summed E-state index contributed by atoms with van der Waals surface area (Å²) in [5, 5.41) is 5.26. The first-order valence-electron chi connectivity index (χ1n) is 17.1. The lowest BCUT2D eigenvalue weighted by atomic mass is 9.70. The minimum absolute atomic E-state index is 0.0877. The first-order chi connectivity index (χ1) is 23.5. The maximum atomic E-state index is 14.7. The SMILES string of the molecule is Cc1nc2ccccc2n1C1CC2CCC(C1)N2CCC1(c2cccc(F)c2)CCN(C(=O)c2cc(S(N)(=O)=O)c(F)cc2CCCl)CC1. The molecule has 0 aliphatic carbocycles. The van der Waals surface area contributed by atoms with Crippen molar-refractivity contribution in [2.24, 2.45) is 5.14 Å². The van der Waals surface area contributed by atoms with E-state index in [0.717, 1.165) is 67.7 Å². The van der Waals surface area contributed by atoms with Gasteiger partial charge in [-0.1, -0.05) is 24.3 Å². The van der Waals surface area contributed by atoms with Gasteiger partial charge in [-0.05, 0) is 118 Å². The number of fused-ring (bicyclic) bond motifs is 3. The van der Waals surface area contributed by atoms with Crippen molar-refractivity contribution in [2.75, 3.05) is 25.5 Å². The van der Waals surface area contributed by atoms with Crippen molar-refractivity contribution in [1.82, 2.24) is 19.4 Å². The molecule has 12 heteroatoms. The van der Waals surface area contributed by atoms with Gasteiger partial charge in [0.15, 0.2) is 0 Å². The Bertz CT molecular complexity index is 1980. The highest BCUT2D eigenvalue weighted by atomic mass is 35.5. The summed E-state index contributed by atoms with van der Waals surface area (Å²) >= 11 is 5.96. The first kappa shape index (κ1) is 34.1. The van der Waals surface area contributed by atoms with Gasteiger partial charge in [0.1, 0.15) is 22.4 Å². The maximum absolute atomic E-state index is 14.7. The third-order valence-electron chi connectivity index (χ3n) is 11.3. The van der Waals surface area contributed by atoms with E-state index in [4.69, 9.17) is 21.7 Å². The van der Waals surface area contributed by atoms with Crippen molar-refractivity contribution in [3.05, 3.63) is 94.8 Å². The molecule has 0 radical (unpaired) electrons. The number of aromatic nitrogens is 2. The zero-order valence-corrected chi connectivity index (χ0v) is 29.2. The van der Waals surface area contributed by atoms with Crippen molar-refractivity contribution in [2.45, 2.75) is 86.7 Å². The van der Waals surface area contributed by atoms with Crippen LogP contribution in [0.15, 0.2) is 65.6 Å². The highest BCUT2D eigenvalue weighted by Crippen LogP contribution is 2.45.